The Labute approximate surface area is 445 Å². The minimum Gasteiger partial charge on any atom is -0.512 e. The van der Waals surface area contributed by atoms with E-state index in [0.717, 1.165) is 54.2 Å². The van der Waals surface area contributed by atoms with Crippen LogP contribution in [0.25, 0.3) is 74.7 Å². The van der Waals surface area contributed by atoms with Gasteiger partial charge in [-0.3, -0.25) is 9.59 Å². The van der Waals surface area contributed by atoms with Crippen LogP contribution in [-0.4, -0.2) is 31.7 Å². The van der Waals surface area contributed by atoms with Gasteiger partial charge in [-0.15, -0.1) is 93.0 Å². The Bertz CT molecular complexity index is 3200. The molecule has 70 heavy (non-hydrogen) atoms. The van der Waals surface area contributed by atoms with Crippen LogP contribution in [0.4, 0.5) is 4.39 Å². The zero-order chi connectivity index (χ0) is 49.0. The van der Waals surface area contributed by atoms with E-state index in [9.17, 15) is 14.0 Å². The van der Waals surface area contributed by atoms with Gasteiger partial charge >= 0.3 is 0 Å². The van der Waals surface area contributed by atoms with Crippen LogP contribution in [0.5, 0.6) is 0 Å². The van der Waals surface area contributed by atoms with Crippen molar-refractivity contribution in [3.8, 4) is 54.5 Å². The molecular formula is C59H53FIr2N2O4S2-2. The number of aryl methyl sites for hydroxylation is 1. The molecule has 2 N–H and O–H groups in total. The van der Waals surface area contributed by atoms with Gasteiger partial charge in [-0.1, -0.05) is 113 Å². The van der Waals surface area contributed by atoms with E-state index in [0.29, 0.717) is 0 Å². The molecule has 0 fully saturated rings. The zero-order valence-corrected chi connectivity index (χ0v) is 46.5. The van der Waals surface area contributed by atoms with Gasteiger partial charge in [0.05, 0.1) is 11.5 Å². The van der Waals surface area contributed by atoms with E-state index in [4.69, 9.17) is 15.2 Å². The Morgan fingerprint density at radius 1 is 0.586 bits per heavy atom. The van der Waals surface area contributed by atoms with Crippen LogP contribution in [0.2, 0.25) is 0 Å². The number of benzene rings is 5. The first kappa shape index (κ1) is 56.6. The number of ketones is 2. The van der Waals surface area contributed by atoms with Crippen LogP contribution in [-0.2, 0) is 55.2 Å². The van der Waals surface area contributed by atoms with Gasteiger partial charge in [0, 0.05) is 94.7 Å². The number of fused-ring (bicyclic) bond motifs is 2. The second-order valence-corrected chi connectivity index (χ2v) is 19.3. The fourth-order valence-electron chi connectivity index (χ4n) is 6.96. The molecule has 9 rings (SSSR count). The first-order valence-electron chi connectivity index (χ1n) is 21.9. The third-order valence-electron chi connectivity index (χ3n) is 10.1. The summed E-state index contributed by atoms with van der Waals surface area (Å²) >= 11 is 3.51. The molecule has 0 amide bonds. The summed E-state index contributed by atoms with van der Waals surface area (Å²) in [5.74, 6) is -0.345. The monoisotopic (exact) mass is 1320 g/mol. The normalized spacial score (nSPS) is 11.1. The number of carbonyl (C=O) groups is 2. The summed E-state index contributed by atoms with van der Waals surface area (Å²) in [4.78, 5) is 31.8. The van der Waals surface area contributed by atoms with Gasteiger partial charge in [-0.05, 0) is 85.5 Å². The van der Waals surface area contributed by atoms with E-state index in [1.807, 2.05) is 60.1 Å². The van der Waals surface area contributed by atoms with E-state index >= 15 is 0 Å². The van der Waals surface area contributed by atoms with Gasteiger partial charge in [0.15, 0.2) is 11.6 Å². The van der Waals surface area contributed by atoms with Crippen molar-refractivity contribution < 1.29 is 64.4 Å². The molecule has 0 aliphatic heterocycles. The number of aliphatic hydroxyl groups is 2. The molecule has 362 valence electrons. The van der Waals surface area contributed by atoms with Crippen molar-refractivity contribution in [1.29, 1.82) is 0 Å². The quantitative estimate of drug-likeness (QED) is 0.0937. The van der Waals surface area contributed by atoms with Crippen LogP contribution in [0.15, 0.2) is 176 Å². The topological polar surface area (TPSA) is 100 Å². The third kappa shape index (κ3) is 16.6. The molecule has 6 nitrogen and oxygen atoms in total. The van der Waals surface area contributed by atoms with Gasteiger partial charge < -0.3 is 20.2 Å². The predicted octanol–water partition coefficient (Wildman–Crippen LogP) is 16.3. The average molecular weight is 1320 g/mol. The van der Waals surface area contributed by atoms with Crippen LogP contribution in [0.3, 0.4) is 0 Å². The number of rotatable bonds is 7. The van der Waals surface area contributed by atoms with Crippen molar-refractivity contribution in [2.24, 2.45) is 0 Å². The molecule has 2 radical (unpaired) electrons. The fraction of sp³-hybridized carbons (Fsp3) is 0.153. The van der Waals surface area contributed by atoms with E-state index in [-0.39, 0.29) is 74.5 Å². The fourth-order valence-corrected chi connectivity index (χ4v) is 9.11. The number of carbonyl (C=O) groups excluding carboxylic acids is 2. The van der Waals surface area contributed by atoms with Crippen LogP contribution in [0, 0.1) is 24.9 Å². The number of hydrogen-bond acceptors (Lipinski definition) is 8. The molecule has 11 heteroatoms. The van der Waals surface area contributed by atoms with E-state index in [1.165, 1.54) is 83.6 Å². The largest absolute Gasteiger partial charge is 0.512 e. The molecule has 0 spiro atoms. The van der Waals surface area contributed by atoms with Crippen molar-refractivity contribution in [2.45, 2.75) is 60.8 Å². The molecule has 5 aromatic carbocycles. The SMILES string of the molecule is CC(=O)C=C(C)O.CC(=O)C=C(C)O.Cc1[c-]c(-c2cc3sc(-c4ccccc4)cc3cn2)cc(C(C)(C)C)c1.Fc1ccc(-c2cc3cnc(-c4[c-]ccc(-c5ccccc5)c4)cc3s2)cc1.[Ir].[Ir]. The second-order valence-electron chi connectivity index (χ2n) is 17.2. The first-order valence-corrected chi connectivity index (χ1v) is 23.5. The van der Waals surface area contributed by atoms with E-state index < -0.39 is 0 Å². The summed E-state index contributed by atoms with van der Waals surface area (Å²) in [6, 6.07) is 53.4. The number of pyridine rings is 2. The minimum absolute atomic E-state index is 0. The first-order chi connectivity index (χ1) is 32.4. The molecule has 0 saturated carbocycles. The molecule has 0 aliphatic carbocycles. The van der Waals surface area contributed by atoms with Crippen LogP contribution >= 0.6 is 22.7 Å². The molecule has 0 saturated heterocycles. The number of thiophene rings is 2. The number of aliphatic hydroxyl groups excluding tert-OH is 2. The molecule has 0 unspecified atom stereocenters. The third-order valence-corrected chi connectivity index (χ3v) is 12.4. The number of nitrogens with zero attached hydrogens (tertiary/aromatic N) is 2. The molecule has 0 aliphatic rings. The van der Waals surface area contributed by atoms with Gasteiger partial charge in [0.25, 0.3) is 0 Å². The van der Waals surface area contributed by atoms with Gasteiger partial charge in [-0.2, -0.15) is 0 Å². The Morgan fingerprint density at radius 2 is 1.06 bits per heavy atom. The summed E-state index contributed by atoms with van der Waals surface area (Å²) in [6.45, 7) is 14.5. The summed E-state index contributed by atoms with van der Waals surface area (Å²) < 4.78 is 15.6. The number of halogens is 1. The standard InChI is InChI=1S/C25H15FNS.C24H22NS.2C5H8O2.2Ir/c26-22-11-9-18(10-12-22)24-14-21-16-27-23(15-25(21)28-24)20-8-4-7-19(13-20)17-5-2-1-3-6-17;1-16-10-18(12-20(11-16)24(2,3)4)21-14-23-19(15-25-21)13-22(26-23)17-8-6-5-7-9-17;2*1-4(6)3-5(2)7;;/h1-7,9-16H;5-9,11-15H,1-4H3;2*3,6H,1-2H3;;/q2*-1;;;;. The maximum absolute atomic E-state index is 13.2. The van der Waals surface area contributed by atoms with Crippen molar-refractivity contribution in [2.75, 3.05) is 0 Å². The van der Waals surface area contributed by atoms with Gasteiger partial charge in [0.1, 0.15) is 5.82 Å². The van der Waals surface area contributed by atoms with Crippen LogP contribution < -0.4 is 0 Å². The van der Waals surface area contributed by atoms with Crippen molar-refractivity contribution >= 4 is 54.4 Å². The predicted molar refractivity (Wildman–Crippen MR) is 282 cm³/mol. The summed E-state index contributed by atoms with van der Waals surface area (Å²) in [7, 11) is 0. The number of allylic oxidation sites excluding steroid dienone is 4. The van der Waals surface area contributed by atoms with Gasteiger partial charge in [0.2, 0.25) is 0 Å². The van der Waals surface area contributed by atoms with Crippen molar-refractivity contribution in [3.63, 3.8) is 0 Å². The number of hydrogen-bond donors (Lipinski definition) is 2. The van der Waals surface area contributed by atoms with Gasteiger partial charge in [-0.25, -0.2) is 4.39 Å². The zero-order valence-electron chi connectivity index (χ0n) is 40.1. The average Bonchev–Trinajstić information content (AvgIpc) is 3.94. The Morgan fingerprint density at radius 3 is 1.51 bits per heavy atom. The van der Waals surface area contributed by atoms with E-state index in [2.05, 4.69) is 136 Å². The maximum atomic E-state index is 13.2. The van der Waals surface area contributed by atoms with E-state index in [1.54, 1.807) is 11.3 Å². The maximum Gasteiger partial charge on any atom is 0.155 e. The molecule has 4 heterocycles. The Balaban J connectivity index is 0.000000235. The molecule has 9 aromatic rings. The molecular weight excluding hydrogens is 1270 g/mol. The van der Waals surface area contributed by atoms with Crippen molar-refractivity contribution in [1.82, 2.24) is 9.97 Å². The Hall–Kier alpha value is -6.03. The summed E-state index contributed by atoms with van der Waals surface area (Å²) in [5.41, 5.74) is 11.1. The molecule has 0 atom stereocenters. The summed E-state index contributed by atoms with van der Waals surface area (Å²) in [6.07, 6.45) is 6.22. The summed E-state index contributed by atoms with van der Waals surface area (Å²) in [5, 5.41) is 19.0. The minimum atomic E-state index is -0.220. The smallest absolute Gasteiger partial charge is 0.155 e. The Kier molecular flexibility index (Phi) is 21.2. The molecule has 0 bridgehead atoms. The number of aromatic nitrogens is 2. The van der Waals surface area contributed by atoms with Crippen LogP contribution in [0.1, 0.15) is 59.6 Å². The molecule has 4 aromatic heterocycles. The second kappa shape index (κ2) is 26.3. The van der Waals surface area contributed by atoms with Crippen molar-refractivity contribution in [3.05, 3.63) is 205 Å².